The van der Waals surface area contributed by atoms with Crippen LogP contribution in [-0.2, 0) is 11.3 Å². The number of carbonyl (C=O) groups excluding carboxylic acids is 1. The molecule has 7 heteroatoms. The number of nitrogens with zero attached hydrogens (tertiary/aromatic N) is 2. The van der Waals surface area contributed by atoms with Crippen molar-refractivity contribution >= 4 is 35.3 Å². The number of carbonyl (C=O) groups is 1. The van der Waals surface area contributed by atoms with Crippen LogP contribution in [0, 0.1) is 0 Å². The Balaban J connectivity index is 1.96. The molecule has 0 fully saturated rings. The number of aromatic nitrogens is 1. The minimum absolute atomic E-state index is 0.106. The van der Waals surface area contributed by atoms with Gasteiger partial charge in [0, 0.05) is 22.8 Å². The Kier molecular flexibility index (Phi) is 5.14. The maximum atomic E-state index is 11.7. The number of hydrogen-bond acceptors (Lipinski definition) is 3. The summed E-state index contributed by atoms with van der Waals surface area (Å²) in [5, 5.41) is 4.74. The summed E-state index contributed by atoms with van der Waals surface area (Å²) in [5.74, 6) is -0.412. The Morgan fingerprint density at radius 2 is 2.10 bits per heavy atom. The molecule has 1 aromatic heterocycles. The molecule has 2 rings (SSSR count). The smallest absolute Gasteiger partial charge is 0.260 e. The van der Waals surface area contributed by atoms with Crippen molar-refractivity contribution in [3.63, 3.8) is 0 Å². The Hall–Kier alpha value is -2.11. The molecule has 0 atom stereocenters. The van der Waals surface area contributed by atoms with Gasteiger partial charge in [-0.3, -0.25) is 9.59 Å². The van der Waals surface area contributed by atoms with Gasteiger partial charge in [-0.25, -0.2) is 5.43 Å². The number of rotatable bonds is 4. The van der Waals surface area contributed by atoms with Crippen LogP contribution >= 0.6 is 23.2 Å². The number of amides is 1. The van der Waals surface area contributed by atoms with E-state index in [1.54, 1.807) is 30.3 Å². The third-order valence-corrected chi connectivity index (χ3v) is 3.13. The summed E-state index contributed by atoms with van der Waals surface area (Å²) in [6.45, 7) is -0.106. The van der Waals surface area contributed by atoms with Gasteiger partial charge in [0.05, 0.1) is 11.2 Å². The van der Waals surface area contributed by atoms with E-state index in [1.165, 1.54) is 23.0 Å². The lowest BCUT2D eigenvalue weighted by molar-refractivity contribution is -0.121. The van der Waals surface area contributed by atoms with Crippen molar-refractivity contribution in [1.29, 1.82) is 0 Å². The molecule has 108 valence electrons. The molecule has 0 saturated heterocycles. The lowest BCUT2D eigenvalue weighted by atomic mass is 10.2. The van der Waals surface area contributed by atoms with E-state index in [0.29, 0.717) is 15.6 Å². The molecule has 0 spiro atoms. The predicted molar refractivity (Wildman–Crippen MR) is 82.9 cm³/mol. The first kappa shape index (κ1) is 15.3. The van der Waals surface area contributed by atoms with Crippen LogP contribution in [0.3, 0.4) is 0 Å². The fourth-order valence-corrected chi connectivity index (χ4v) is 2.02. The molecule has 0 bridgehead atoms. The van der Waals surface area contributed by atoms with E-state index in [1.807, 2.05) is 0 Å². The summed E-state index contributed by atoms with van der Waals surface area (Å²) in [6, 6.07) is 9.59. The van der Waals surface area contributed by atoms with Gasteiger partial charge in [-0.15, -0.1) is 0 Å². The molecule has 0 aliphatic rings. The highest BCUT2D eigenvalue weighted by atomic mass is 35.5. The average molecular weight is 324 g/mol. The minimum atomic E-state index is -0.412. The molecule has 1 amide bonds. The molecule has 1 N–H and O–H groups in total. The number of pyridine rings is 1. The van der Waals surface area contributed by atoms with Crippen LogP contribution in [0.15, 0.2) is 52.5 Å². The molecule has 21 heavy (non-hydrogen) atoms. The monoisotopic (exact) mass is 323 g/mol. The van der Waals surface area contributed by atoms with Gasteiger partial charge >= 0.3 is 0 Å². The van der Waals surface area contributed by atoms with Gasteiger partial charge in [0.2, 0.25) is 0 Å². The molecular weight excluding hydrogens is 313 g/mol. The molecular formula is C14H11Cl2N3O2. The number of nitrogens with one attached hydrogen (secondary N) is 1. The fraction of sp³-hybridized carbons (Fsp3) is 0.0714. The maximum absolute atomic E-state index is 11.7. The molecule has 2 aromatic rings. The second-order valence-electron chi connectivity index (χ2n) is 4.13. The zero-order valence-electron chi connectivity index (χ0n) is 10.8. The zero-order chi connectivity index (χ0) is 15.2. The van der Waals surface area contributed by atoms with Crippen molar-refractivity contribution in [1.82, 2.24) is 9.99 Å². The highest BCUT2D eigenvalue weighted by Gasteiger charge is 2.02. The van der Waals surface area contributed by atoms with Gasteiger partial charge < -0.3 is 4.57 Å². The summed E-state index contributed by atoms with van der Waals surface area (Å²) in [7, 11) is 0. The summed E-state index contributed by atoms with van der Waals surface area (Å²) in [5.41, 5.74) is 2.70. The second-order valence-corrected chi connectivity index (χ2v) is 4.97. The first-order valence-corrected chi connectivity index (χ1v) is 6.74. The van der Waals surface area contributed by atoms with Crippen LogP contribution in [0.25, 0.3) is 0 Å². The van der Waals surface area contributed by atoms with Crippen LogP contribution < -0.4 is 11.0 Å². The van der Waals surface area contributed by atoms with Crippen molar-refractivity contribution < 1.29 is 4.79 Å². The van der Waals surface area contributed by atoms with E-state index >= 15 is 0 Å². The minimum Gasteiger partial charge on any atom is -0.306 e. The van der Waals surface area contributed by atoms with Crippen molar-refractivity contribution in [2.45, 2.75) is 6.54 Å². The van der Waals surface area contributed by atoms with Crippen LogP contribution in [0.2, 0.25) is 10.0 Å². The summed E-state index contributed by atoms with van der Waals surface area (Å²) >= 11 is 11.7. The van der Waals surface area contributed by atoms with Crippen LogP contribution in [0.5, 0.6) is 0 Å². The standard InChI is InChI=1S/C14H11Cl2N3O2/c15-11-5-4-10(12(16)7-11)8-17-18-13(20)9-19-6-2-1-3-14(19)21/h1-8H,9H2,(H,18,20)/b17-8-. The number of halogens is 2. The quantitative estimate of drug-likeness (QED) is 0.693. The molecule has 5 nitrogen and oxygen atoms in total. The zero-order valence-corrected chi connectivity index (χ0v) is 12.3. The lowest BCUT2D eigenvalue weighted by Crippen LogP contribution is -2.28. The number of hydrogen-bond donors (Lipinski definition) is 1. The number of hydrazone groups is 1. The van der Waals surface area contributed by atoms with Crippen molar-refractivity contribution in [2.75, 3.05) is 0 Å². The third-order valence-electron chi connectivity index (χ3n) is 2.57. The van der Waals surface area contributed by atoms with Gasteiger partial charge in [-0.2, -0.15) is 5.10 Å². The van der Waals surface area contributed by atoms with E-state index in [0.717, 1.165) is 0 Å². The molecule has 0 radical (unpaired) electrons. The molecule has 1 heterocycles. The maximum Gasteiger partial charge on any atom is 0.260 e. The lowest BCUT2D eigenvalue weighted by Gasteiger charge is -2.03. The van der Waals surface area contributed by atoms with Crippen LogP contribution in [0.4, 0.5) is 0 Å². The summed E-state index contributed by atoms with van der Waals surface area (Å²) < 4.78 is 1.28. The van der Waals surface area contributed by atoms with Crippen LogP contribution in [-0.4, -0.2) is 16.7 Å². The highest BCUT2D eigenvalue weighted by molar-refractivity contribution is 6.36. The van der Waals surface area contributed by atoms with Crippen molar-refractivity contribution in [2.24, 2.45) is 5.10 Å². The van der Waals surface area contributed by atoms with E-state index in [4.69, 9.17) is 23.2 Å². The van der Waals surface area contributed by atoms with E-state index in [9.17, 15) is 9.59 Å². The largest absolute Gasteiger partial charge is 0.306 e. The fourth-order valence-electron chi connectivity index (χ4n) is 1.56. The Labute approximate surface area is 130 Å². The Bertz CT molecular complexity index is 741. The topological polar surface area (TPSA) is 63.5 Å². The van der Waals surface area contributed by atoms with E-state index in [2.05, 4.69) is 10.5 Å². The third kappa shape index (κ3) is 4.44. The van der Waals surface area contributed by atoms with Gasteiger partial charge in [0.25, 0.3) is 11.5 Å². The van der Waals surface area contributed by atoms with Gasteiger partial charge in [0.1, 0.15) is 6.54 Å². The Morgan fingerprint density at radius 3 is 2.81 bits per heavy atom. The van der Waals surface area contributed by atoms with Crippen molar-refractivity contribution in [3.05, 3.63) is 68.6 Å². The van der Waals surface area contributed by atoms with Gasteiger partial charge in [-0.05, 0) is 18.2 Å². The van der Waals surface area contributed by atoms with Gasteiger partial charge in [-0.1, -0.05) is 35.3 Å². The molecule has 0 saturated carbocycles. The Morgan fingerprint density at radius 1 is 1.29 bits per heavy atom. The first-order valence-electron chi connectivity index (χ1n) is 5.98. The number of benzene rings is 1. The molecule has 0 unspecified atom stereocenters. The normalized spacial score (nSPS) is 10.8. The summed E-state index contributed by atoms with van der Waals surface area (Å²) in [6.07, 6.45) is 2.94. The van der Waals surface area contributed by atoms with E-state index < -0.39 is 5.91 Å². The van der Waals surface area contributed by atoms with Gasteiger partial charge in [0.15, 0.2) is 0 Å². The van der Waals surface area contributed by atoms with E-state index in [-0.39, 0.29) is 12.1 Å². The highest BCUT2D eigenvalue weighted by Crippen LogP contribution is 2.19. The molecule has 0 aliphatic carbocycles. The second kappa shape index (κ2) is 7.06. The first-order chi connectivity index (χ1) is 10.1. The molecule has 1 aromatic carbocycles. The average Bonchev–Trinajstić information content (AvgIpc) is 2.44. The van der Waals surface area contributed by atoms with Crippen LogP contribution in [0.1, 0.15) is 5.56 Å². The van der Waals surface area contributed by atoms with Crippen molar-refractivity contribution in [3.8, 4) is 0 Å². The SMILES string of the molecule is O=C(Cn1ccccc1=O)N/N=C\c1ccc(Cl)cc1Cl. The predicted octanol–water partition coefficient (Wildman–Crippen LogP) is 2.31. The molecule has 0 aliphatic heterocycles. The summed E-state index contributed by atoms with van der Waals surface area (Å²) in [4.78, 5) is 23.1.